The smallest absolute Gasteiger partial charge is 0.202 e. The summed E-state index contributed by atoms with van der Waals surface area (Å²) in [5.41, 5.74) is 2.62. The molecule has 0 saturated heterocycles. The highest BCUT2D eigenvalue weighted by molar-refractivity contribution is 9.10. The summed E-state index contributed by atoms with van der Waals surface area (Å²) in [5.74, 6) is 1.02. The highest BCUT2D eigenvalue weighted by Gasteiger charge is 2.16. The molecule has 0 radical (unpaired) electrons. The van der Waals surface area contributed by atoms with Gasteiger partial charge in [0.15, 0.2) is 11.5 Å². The molecule has 0 spiro atoms. The first-order valence-electron chi connectivity index (χ1n) is 6.65. The van der Waals surface area contributed by atoms with Gasteiger partial charge in [0.05, 0.1) is 10.2 Å². The molecule has 23 heavy (non-hydrogen) atoms. The van der Waals surface area contributed by atoms with Crippen molar-refractivity contribution in [3.05, 3.63) is 34.2 Å². The Labute approximate surface area is 144 Å². The second kappa shape index (κ2) is 8.85. The van der Waals surface area contributed by atoms with Crippen LogP contribution < -0.4 is 10.8 Å². The van der Waals surface area contributed by atoms with Gasteiger partial charge in [-0.15, -0.1) is 0 Å². The van der Waals surface area contributed by atoms with Crippen LogP contribution >= 0.6 is 27.7 Å². The van der Waals surface area contributed by atoms with Crippen molar-refractivity contribution in [2.45, 2.75) is 6.42 Å². The van der Waals surface area contributed by atoms with Gasteiger partial charge < -0.3 is 5.32 Å². The van der Waals surface area contributed by atoms with Crippen molar-refractivity contribution in [2.75, 3.05) is 23.9 Å². The van der Waals surface area contributed by atoms with Crippen molar-refractivity contribution in [3.63, 3.8) is 0 Å². The van der Waals surface area contributed by atoms with Crippen molar-refractivity contribution >= 4 is 45.0 Å². The van der Waals surface area contributed by atoms with Crippen LogP contribution in [0, 0.1) is 5.82 Å². The number of aliphatic imine (C=N–C) groups is 1. The molecule has 7 nitrogen and oxygen atoms in total. The Bertz CT molecular complexity index is 682. The van der Waals surface area contributed by atoms with Crippen molar-refractivity contribution in [1.29, 1.82) is 0 Å². The third-order valence-corrected chi connectivity index (χ3v) is 4.09. The number of anilines is 1. The number of hydrogen-bond donors (Lipinski definition) is 3. The predicted molar refractivity (Wildman–Crippen MR) is 91.0 cm³/mol. The molecule has 0 saturated carbocycles. The molecule has 0 aliphatic heterocycles. The molecule has 0 aliphatic rings. The first kappa shape index (κ1) is 17.7. The minimum absolute atomic E-state index is 0.0390. The Hall–Kier alpha value is -1.65. The first-order valence-corrected chi connectivity index (χ1v) is 8.84. The zero-order valence-corrected chi connectivity index (χ0v) is 14.6. The van der Waals surface area contributed by atoms with E-state index in [4.69, 9.17) is 4.63 Å². The van der Waals surface area contributed by atoms with Crippen LogP contribution in [0.25, 0.3) is 0 Å². The lowest BCUT2D eigenvalue weighted by molar-refractivity contribution is 0.234. The van der Waals surface area contributed by atoms with E-state index in [0.717, 1.165) is 12.2 Å². The summed E-state index contributed by atoms with van der Waals surface area (Å²) in [6.45, 7) is 0.683. The summed E-state index contributed by atoms with van der Waals surface area (Å²) < 4.78 is 18.2. The van der Waals surface area contributed by atoms with E-state index >= 15 is 0 Å². The van der Waals surface area contributed by atoms with Gasteiger partial charge in [0.2, 0.25) is 5.82 Å². The summed E-state index contributed by atoms with van der Waals surface area (Å²) in [4.78, 5) is 4.18. The van der Waals surface area contributed by atoms with Gasteiger partial charge in [-0.05, 0) is 62.9 Å². The maximum atomic E-state index is 13.2. The number of nitrogens with one attached hydrogen (secondary N) is 2. The zero-order chi connectivity index (χ0) is 16.7. The van der Waals surface area contributed by atoms with E-state index in [1.165, 1.54) is 18.2 Å². The van der Waals surface area contributed by atoms with E-state index < -0.39 is 5.82 Å². The molecule has 2 rings (SSSR count). The minimum Gasteiger partial charge on any atom is -0.365 e. The number of benzene rings is 1. The van der Waals surface area contributed by atoms with Gasteiger partial charge in [-0.1, -0.05) is 0 Å². The fourth-order valence-corrected chi connectivity index (χ4v) is 2.50. The highest BCUT2D eigenvalue weighted by atomic mass is 79.9. The summed E-state index contributed by atoms with van der Waals surface area (Å²) >= 11 is 4.83. The number of hydrogen-bond acceptors (Lipinski definition) is 7. The lowest BCUT2D eigenvalue weighted by Gasteiger charge is -2.05. The van der Waals surface area contributed by atoms with Crippen LogP contribution in [0.3, 0.4) is 0 Å². The molecule has 124 valence electrons. The van der Waals surface area contributed by atoms with Crippen molar-refractivity contribution in [3.8, 4) is 0 Å². The Balaban J connectivity index is 2.18. The van der Waals surface area contributed by atoms with E-state index in [0.29, 0.717) is 18.1 Å². The van der Waals surface area contributed by atoms with Crippen LogP contribution in [0.15, 0.2) is 32.3 Å². The molecule has 0 bridgehead atoms. The van der Waals surface area contributed by atoms with E-state index in [1.807, 2.05) is 11.7 Å². The molecule has 2 aromatic rings. The van der Waals surface area contributed by atoms with Gasteiger partial charge in [0.1, 0.15) is 5.82 Å². The molecule has 0 unspecified atom stereocenters. The van der Waals surface area contributed by atoms with E-state index in [9.17, 15) is 9.60 Å². The molecular weight excluding hydrogens is 389 g/mol. The van der Waals surface area contributed by atoms with Crippen molar-refractivity contribution in [2.24, 2.45) is 4.99 Å². The molecule has 1 aromatic carbocycles. The van der Waals surface area contributed by atoms with Gasteiger partial charge >= 0.3 is 0 Å². The molecule has 1 aromatic heterocycles. The first-order chi connectivity index (χ1) is 11.2. The predicted octanol–water partition coefficient (Wildman–Crippen LogP) is 3.19. The number of halogens is 2. The largest absolute Gasteiger partial charge is 0.365 e. The monoisotopic (exact) mass is 403 g/mol. The van der Waals surface area contributed by atoms with Crippen LogP contribution in [0.4, 0.5) is 15.9 Å². The average Bonchev–Trinajstić information content (AvgIpc) is 3.01. The summed E-state index contributed by atoms with van der Waals surface area (Å²) in [6.07, 6.45) is 2.97. The maximum absolute atomic E-state index is 13.2. The third kappa shape index (κ3) is 4.91. The van der Waals surface area contributed by atoms with Gasteiger partial charge in [0, 0.05) is 6.54 Å². The molecule has 0 atom stereocenters. The van der Waals surface area contributed by atoms with Gasteiger partial charge in [-0.3, -0.25) is 10.7 Å². The van der Waals surface area contributed by atoms with Crippen LogP contribution in [-0.2, 0) is 0 Å². The molecule has 10 heteroatoms. The molecule has 1 heterocycles. The quantitative estimate of drug-likeness (QED) is 0.282. The standard InChI is InChI=1S/C13H15BrFN5O2S/c1-23-6-2-5-16-12-11(19-22-20-12)13(18-21)17-8-3-4-10(15)9(14)7-8/h3-4,7,21H,2,5-6H2,1H3,(H,16,20)(H,17,18). The summed E-state index contributed by atoms with van der Waals surface area (Å²) in [5, 5.41) is 19.9. The van der Waals surface area contributed by atoms with E-state index in [2.05, 4.69) is 36.6 Å². The zero-order valence-electron chi connectivity index (χ0n) is 12.2. The highest BCUT2D eigenvalue weighted by Crippen LogP contribution is 2.23. The summed E-state index contributed by atoms with van der Waals surface area (Å²) in [6, 6.07) is 4.21. The molecule has 0 fully saturated rings. The third-order valence-electron chi connectivity index (χ3n) is 2.78. The number of thioether (sulfide) groups is 1. The Morgan fingerprint density at radius 3 is 3.00 bits per heavy atom. The SMILES string of the molecule is CSCCCNc1nonc1C(=Nc1ccc(F)c(Br)c1)NO. The Kier molecular flexibility index (Phi) is 6.81. The van der Waals surface area contributed by atoms with E-state index in [1.54, 1.807) is 11.8 Å². The minimum atomic E-state index is -0.401. The number of hydroxylamine groups is 1. The van der Waals surface area contributed by atoms with Crippen LogP contribution in [0.2, 0.25) is 0 Å². The normalized spacial score (nSPS) is 11.6. The van der Waals surface area contributed by atoms with Crippen LogP contribution in [-0.4, -0.2) is 39.9 Å². The number of amidine groups is 1. The number of aromatic nitrogens is 2. The van der Waals surface area contributed by atoms with Crippen LogP contribution in [0.5, 0.6) is 0 Å². The van der Waals surface area contributed by atoms with Crippen LogP contribution in [0.1, 0.15) is 12.1 Å². The second-order valence-corrected chi connectivity index (χ2v) is 6.25. The molecule has 0 amide bonds. The number of nitrogens with zero attached hydrogens (tertiary/aromatic N) is 3. The number of rotatable bonds is 7. The second-order valence-electron chi connectivity index (χ2n) is 4.41. The summed E-state index contributed by atoms with van der Waals surface area (Å²) in [7, 11) is 0. The van der Waals surface area contributed by atoms with Gasteiger partial charge in [0.25, 0.3) is 0 Å². The fraction of sp³-hybridized carbons (Fsp3) is 0.308. The lowest BCUT2D eigenvalue weighted by atomic mass is 10.3. The van der Waals surface area contributed by atoms with E-state index in [-0.39, 0.29) is 16.0 Å². The lowest BCUT2D eigenvalue weighted by Crippen LogP contribution is -2.22. The van der Waals surface area contributed by atoms with Crippen molar-refractivity contribution < 1.29 is 14.2 Å². The fourth-order valence-electron chi connectivity index (χ4n) is 1.70. The van der Waals surface area contributed by atoms with Crippen molar-refractivity contribution in [1.82, 2.24) is 15.8 Å². The topological polar surface area (TPSA) is 95.6 Å². The Morgan fingerprint density at radius 1 is 1.48 bits per heavy atom. The Morgan fingerprint density at radius 2 is 2.30 bits per heavy atom. The molecule has 0 aliphatic carbocycles. The van der Waals surface area contributed by atoms with Gasteiger partial charge in [-0.2, -0.15) is 11.8 Å². The van der Waals surface area contributed by atoms with Gasteiger partial charge in [-0.25, -0.2) is 14.0 Å². The molecular formula is C13H15BrFN5O2S. The average molecular weight is 404 g/mol. The molecule has 3 N–H and O–H groups in total. The maximum Gasteiger partial charge on any atom is 0.202 e.